The van der Waals surface area contributed by atoms with Crippen LogP contribution >= 0.6 is 647 Å². The van der Waals surface area contributed by atoms with Crippen molar-refractivity contribution in [2.24, 2.45) is 0 Å². The molecule has 0 heterocycles. The molecular formula is I49-. The molecule has 0 spiro atoms. The first kappa shape index (κ1) is 84.8. The Bertz CT molecular complexity index is 856. The summed E-state index contributed by atoms with van der Waals surface area (Å²) in [7, 11) is -12.0. The molecule has 0 aliphatic heterocycles. The molecule has 344 valence electrons. The molecule has 49 heteroatoms. The standard InChI is InChI=1S/I49/c1-26-28(4)30(6)32(8)34(10)36(12)38(14)40(16)42(18)44(20)46(22)48(24)49(25)47(23)45(21)43(19)41(17)39(15)37(13)35(11)33(9)31(7)29(5)27(2)3/q-1. The summed E-state index contributed by atoms with van der Waals surface area (Å²) in [6, 6.07) is 0. The maximum absolute atomic E-state index is 3.39. The molecule has 0 N–H and O–H groups in total. The van der Waals surface area contributed by atoms with Gasteiger partial charge < -0.3 is 0 Å². The Kier molecular flexibility index (Phi) is 88.7. The van der Waals surface area contributed by atoms with Crippen LogP contribution in [-0.4, -0.2) is 0 Å². The second kappa shape index (κ2) is 51.3. The third-order valence-electron chi connectivity index (χ3n) is 1.84. The molecule has 49 heavy (non-hydrogen) atoms. The van der Waals surface area contributed by atoms with Gasteiger partial charge in [0.25, 0.3) is 0 Å². The number of rotatable bonds is 23. The molecule has 0 atom stereocenters. The van der Waals surface area contributed by atoms with Crippen LogP contribution in [0.5, 0.6) is 0 Å². The van der Waals surface area contributed by atoms with Crippen LogP contribution in [0, 0.1) is 0 Å². The van der Waals surface area contributed by atoms with Crippen LogP contribution in [0.25, 0.3) is 0 Å². The Balaban J connectivity index is 5.54. The molecule has 0 aromatic heterocycles. The van der Waals surface area contributed by atoms with E-state index in [2.05, 4.69) is 465 Å². The molecule has 0 aromatic carbocycles. The van der Waals surface area contributed by atoms with E-state index in [0.29, 0.717) is 13.3 Å². The van der Waals surface area contributed by atoms with Crippen molar-refractivity contribution in [1.82, 2.24) is 0 Å². The first-order chi connectivity index (χ1) is 22.3. The van der Waals surface area contributed by atoms with Gasteiger partial charge in [-0.2, -0.15) is 0 Å². The van der Waals surface area contributed by atoms with Crippen molar-refractivity contribution in [3.05, 3.63) is 0 Å². The SMILES string of the molecule is I[I-]I(I)I(I)I(I)I(I)I(I)I(I)I(I)I(I)I(I)I(I)I(I)I(I)I(I)I(I)I(I)I(I)I(I)I(I)I(I)I(I)I(I)I(I)I(I)I. The fraction of sp³-hybridized carbons (Fsp3) is 0. The molecule has 0 fully saturated rings. The van der Waals surface area contributed by atoms with Crippen LogP contribution in [0.4, 0.5) is 0 Å². The first-order valence-electron chi connectivity index (χ1n) is 6.86. The summed E-state index contributed by atoms with van der Waals surface area (Å²) < 4.78 is 0. The molecule has 0 nitrogen and oxygen atoms in total. The molecule has 0 bridgehead atoms. The Morgan fingerprint density at radius 2 is 0.306 bits per heavy atom. The molecule has 0 aliphatic carbocycles. The van der Waals surface area contributed by atoms with E-state index in [-0.39, 0.29) is 0 Å². The fourth-order valence-corrected chi connectivity index (χ4v) is 9010. The predicted molar refractivity (Wildman–Crippen MR) is 673 cm³/mol. The summed E-state index contributed by atoms with van der Waals surface area (Å²) in [5.74, 6) is 0. The Morgan fingerprint density at radius 1 is 0.184 bits per heavy atom. The minimum atomic E-state index is -0.571. The number of hydrogen-bond acceptors (Lipinski definition) is 0. The van der Waals surface area contributed by atoms with Crippen molar-refractivity contribution >= 4 is 647 Å². The second-order valence-electron chi connectivity index (χ2n) is 3.78. The van der Waals surface area contributed by atoms with Gasteiger partial charge in [0.1, 0.15) is 0 Å². The van der Waals surface area contributed by atoms with E-state index in [1.54, 1.807) is 0 Å². The van der Waals surface area contributed by atoms with E-state index in [1.807, 2.05) is 0 Å². The molecule has 0 aliphatic rings. The van der Waals surface area contributed by atoms with Crippen LogP contribution in [-0.2, 0) is 0 Å². The summed E-state index contributed by atoms with van der Waals surface area (Å²) in [5, 5.41) is 0. The molecule has 0 saturated carbocycles. The average molecular weight is 6220 g/mol. The summed E-state index contributed by atoms with van der Waals surface area (Å²) in [6.07, 6.45) is 0. The van der Waals surface area contributed by atoms with E-state index in [4.69, 9.17) is 0 Å². The second-order valence-corrected chi connectivity index (χ2v) is 1140. The van der Waals surface area contributed by atoms with Gasteiger partial charge in [-0.3, -0.25) is 0 Å². The summed E-state index contributed by atoms with van der Waals surface area (Å²) in [4.78, 5) is 0. The van der Waals surface area contributed by atoms with Crippen LogP contribution in [0.15, 0.2) is 0 Å². The number of hydrogen-bond donors (Lipinski definition) is 0. The molecular weight excluding hydrogens is 6220 g/mol. The van der Waals surface area contributed by atoms with Gasteiger partial charge in [-0.25, -0.2) is 0 Å². The van der Waals surface area contributed by atoms with Gasteiger partial charge in [0.05, 0.1) is 0 Å². The Labute approximate surface area is 621 Å². The van der Waals surface area contributed by atoms with Gasteiger partial charge in [-0.1, -0.05) is 0 Å². The molecule has 0 radical (unpaired) electrons. The molecule has 0 unspecified atom stereocenters. The van der Waals surface area contributed by atoms with Crippen molar-refractivity contribution in [3.63, 3.8) is 0 Å². The summed E-state index contributed by atoms with van der Waals surface area (Å²) in [5.41, 5.74) is 0. The van der Waals surface area contributed by atoms with Crippen molar-refractivity contribution in [2.75, 3.05) is 0 Å². The van der Waals surface area contributed by atoms with Gasteiger partial charge in [-0.05, 0) is 0 Å². The normalized spacial score (nSPS) is 18.8. The van der Waals surface area contributed by atoms with Crippen molar-refractivity contribution < 1.29 is 13.3 Å². The van der Waals surface area contributed by atoms with E-state index in [9.17, 15) is 0 Å². The van der Waals surface area contributed by atoms with E-state index >= 15 is 0 Å². The zero-order valence-electron chi connectivity index (χ0n) is 18.5. The quantitative estimate of drug-likeness (QED) is 0.0895. The summed E-state index contributed by atoms with van der Waals surface area (Å²) in [6.45, 7) is 0. The monoisotopic (exact) mass is 6220 g/mol. The first-order valence-corrected chi connectivity index (χ1v) is 309. The predicted octanol–water partition coefficient (Wildman–Crippen LogP) is 39.5. The molecule has 0 amide bonds. The fourth-order valence-electron chi connectivity index (χ4n) is 0.663. The van der Waals surface area contributed by atoms with E-state index in [1.165, 1.54) is 0 Å². The zero-order valence-corrected chi connectivity index (χ0v) is 124. The number of halogens is 49. The summed E-state index contributed by atoms with van der Waals surface area (Å²) >= 11 is 82.3. The minimum absolute atomic E-state index is 0.395. The van der Waals surface area contributed by atoms with Crippen molar-refractivity contribution in [2.45, 2.75) is 0 Å². The average Bonchev–Trinajstić information content (AvgIpc) is 3.10. The molecule has 0 aromatic rings. The van der Waals surface area contributed by atoms with Gasteiger partial charge in [-0.15, -0.1) is 0 Å². The van der Waals surface area contributed by atoms with Gasteiger partial charge in [0.2, 0.25) is 0 Å². The van der Waals surface area contributed by atoms with Crippen LogP contribution in [0.2, 0.25) is 0 Å². The zero-order chi connectivity index (χ0) is 39.0. The van der Waals surface area contributed by atoms with Gasteiger partial charge >= 0.3 is 660 Å². The van der Waals surface area contributed by atoms with Crippen LogP contribution in [0.3, 0.4) is 0 Å². The Hall–Kier alpha value is 35.8. The van der Waals surface area contributed by atoms with Gasteiger partial charge in [0, 0.05) is 0 Å². The molecule has 0 rings (SSSR count). The van der Waals surface area contributed by atoms with Crippen molar-refractivity contribution in [3.8, 4) is 0 Å². The van der Waals surface area contributed by atoms with Crippen LogP contribution < -0.4 is 13.3 Å². The van der Waals surface area contributed by atoms with Crippen LogP contribution in [0.1, 0.15) is 0 Å². The third-order valence-corrected chi connectivity index (χ3v) is 3720. The molecule has 0 saturated heterocycles. The third kappa shape index (κ3) is 35.4. The van der Waals surface area contributed by atoms with Gasteiger partial charge in [0.15, 0.2) is 0 Å². The van der Waals surface area contributed by atoms with E-state index in [0.717, 1.165) is 0 Å². The maximum atomic E-state index is 3.39. The Morgan fingerprint density at radius 3 is 0.429 bits per heavy atom. The topological polar surface area (TPSA) is 0 Å². The van der Waals surface area contributed by atoms with E-state index < -0.39 is 182 Å². The van der Waals surface area contributed by atoms with Crippen molar-refractivity contribution in [1.29, 1.82) is 0 Å².